The zero-order valence-corrected chi connectivity index (χ0v) is 17.4. The number of hydrogen-bond acceptors (Lipinski definition) is 6. The number of amides is 1. The molecular formula is C22H30N6O. The molecule has 3 heterocycles. The molecule has 0 atom stereocenters. The van der Waals surface area contributed by atoms with E-state index in [1.165, 1.54) is 18.5 Å². The van der Waals surface area contributed by atoms with Crippen LogP contribution in [0.3, 0.4) is 0 Å². The first kappa shape index (κ1) is 19.6. The highest BCUT2D eigenvalue weighted by atomic mass is 16.1. The second kappa shape index (κ2) is 8.78. The van der Waals surface area contributed by atoms with Crippen LogP contribution in [0, 0.1) is 6.92 Å². The van der Waals surface area contributed by atoms with E-state index >= 15 is 0 Å². The predicted octanol–water partition coefficient (Wildman–Crippen LogP) is 2.78. The molecule has 1 aromatic heterocycles. The first-order valence-electron chi connectivity index (χ1n) is 10.6. The lowest BCUT2D eigenvalue weighted by atomic mass is 10.2. The van der Waals surface area contributed by atoms with Gasteiger partial charge in [-0.2, -0.15) is 0 Å². The fourth-order valence-corrected chi connectivity index (χ4v) is 4.05. The normalized spacial score (nSPS) is 17.6. The maximum Gasteiger partial charge on any atom is 0.274 e. The van der Waals surface area contributed by atoms with Crippen molar-refractivity contribution in [2.24, 2.45) is 0 Å². The number of aryl methyl sites for hydroxylation is 1. The number of nitrogens with zero attached hydrogens (tertiary/aromatic N) is 5. The molecule has 0 saturated carbocycles. The summed E-state index contributed by atoms with van der Waals surface area (Å²) >= 11 is 0. The number of carbonyl (C=O) groups excluding carboxylic acids is 1. The molecule has 2 fully saturated rings. The third-order valence-corrected chi connectivity index (χ3v) is 5.80. The lowest BCUT2D eigenvalue weighted by Crippen LogP contribution is -2.46. The van der Waals surface area contributed by atoms with Gasteiger partial charge in [0.15, 0.2) is 0 Å². The molecule has 0 unspecified atom stereocenters. The van der Waals surface area contributed by atoms with Crippen LogP contribution in [0.2, 0.25) is 0 Å². The number of likely N-dealkylation sites (N-methyl/N-ethyl adjacent to an activating group) is 1. The molecule has 1 amide bonds. The highest BCUT2D eigenvalue weighted by Gasteiger charge is 2.19. The zero-order valence-electron chi connectivity index (χ0n) is 17.4. The van der Waals surface area contributed by atoms with Crippen molar-refractivity contribution in [1.29, 1.82) is 0 Å². The number of rotatable bonds is 5. The van der Waals surface area contributed by atoms with Crippen molar-refractivity contribution < 1.29 is 4.79 Å². The van der Waals surface area contributed by atoms with Gasteiger partial charge in [0.05, 0.1) is 0 Å². The van der Waals surface area contributed by atoms with E-state index in [1.54, 1.807) is 0 Å². The Kier molecular flexibility index (Phi) is 5.94. The summed E-state index contributed by atoms with van der Waals surface area (Å²) in [7, 11) is 0. The van der Waals surface area contributed by atoms with Gasteiger partial charge in [-0.3, -0.25) is 4.79 Å². The van der Waals surface area contributed by atoms with E-state index in [1.807, 2.05) is 25.1 Å². The summed E-state index contributed by atoms with van der Waals surface area (Å²) in [6, 6.07) is 9.88. The molecule has 0 aliphatic carbocycles. The van der Waals surface area contributed by atoms with Crippen LogP contribution >= 0.6 is 0 Å². The molecule has 7 heteroatoms. The third-order valence-electron chi connectivity index (χ3n) is 5.80. The molecule has 0 spiro atoms. The summed E-state index contributed by atoms with van der Waals surface area (Å²) < 4.78 is 0. The molecule has 0 radical (unpaired) electrons. The van der Waals surface area contributed by atoms with Crippen LogP contribution in [0.25, 0.3) is 0 Å². The Labute approximate surface area is 172 Å². The SMILES string of the molecule is CCN1CCN(c2cc(C(=O)Nc3ccc(N4CCCC4)cc3)nc(C)n2)CC1. The summed E-state index contributed by atoms with van der Waals surface area (Å²) in [4.78, 5) is 28.8. The van der Waals surface area contributed by atoms with Crippen LogP contribution in [0.1, 0.15) is 36.1 Å². The quantitative estimate of drug-likeness (QED) is 0.841. The summed E-state index contributed by atoms with van der Waals surface area (Å²) in [5.41, 5.74) is 2.41. The molecule has 2 aliphatic rings. The number of hydrogen-bond donors (Lipinski definition) is 1. The van der Waals surface area contributed by atoms with Crippen molar-refractivity contribution in [3.05, 3.63) is 41.9 Å². The topological polar surface area (TPSA) is 64.6 Å². The van der Waals surface area contributed by atoms with Gasteiger partial charge in [-0.15, -0.1) is 0 Å². The second-order valence-electron chi connectivity index (χ2n) is 7.78. The molecule has 4 rings (SSSR count). The lowest BCUT2D eigenvalue weighted by molar-refractivity contribution is 0.102. The van der Waals surface area contributed by atoms with Crippen LogP contribution in [-0.2, 0) is 0 Å². The van der Waals surface area contributed by atoms with Crippen LogP contribution in [-0.4, -0.2) is 66.6 Å². The third kappa shape index (κ3) is 4.67. The number of anilines is 3. The number of aromatic nitrogens is 2. The molecule has 2 aromatic rings. The van der Waals surface area contributed by atoms with Crippen LogP contribution in [0.5, 0.6) is 0 Å². The summed E-state index contributed by atoms with van der Waals surface area (Å²) in [5, 5.41) is 2.98. The summed E-state index contributed by atoms with van der Waals surface area (Å²) in [6.07, 6.45) is 2.50. The average molecular weight is 395 g/mol. The molecule has 7 nitrogen and oxygen atoms in total. The van der Waals surface area contributed by atoms with Crippen molar-refractivity contribution in [1.82, 2.24) is 14.9 Å². The van der Waals surface area contributed by atoms with E-state index in [0.717, 1.165) is 57.3 Å². The predicted molar refractivity (Wildman–Crippen MR) is 117 cm³/mol. The Morgan fingerprint density at radius 1 is 0.966 bits per heavy atom. The fourth-order valence-electron chi connectivity index (χ4n) is 4.05. The van der Waals surface area contributed by atoms with Gasteiger partial charge in [-0.1, -0.05) is 6.92 Å². The highest BCUT2D eigenvalue weighted by molar-refractivity contribution is 6.03. The first-order valence-corrected chi connectivity index (χ1v) is 10.6. The van der Waals surface area contributed by atoms with Crippen LogP contribution in [0.4, 0.5) is 17.2 Å². The Balaban J connectivity index is 1.43. The molecule has 1 aromatic carbocycles. The Morgan fingerprint density at radius 3 is 2.31 bits per heavy atom. The fraction of sp³-hybridized carbons (Fsp3) is 0.500. The Hall–Kier alpha value is -2.67. The van der Waals surface area contributed by atoms with Crippen LogP contribution in [0.15, 0.2) is 30.3 Å². The minimum Gasteiger partial charge on any atom is -0.372 e. The van der Waals surface area contributed by atoms with Crippen molar-refractivity contribution in [2.45, 2.75) is 26.7 Å². The standard InChI is InChI=1S/C22H30N6O/c1-3-26-12-14-28(15-13-26)21-16-20(23-17(2)24-21)22(29)25-18-6-8-19(9-7-18)27-10-4-5-11-27/h6-9,16H,3-5,10-15H2,1-2H3,(H,25,29). The van der Waals surface area contributed by atoms with E-state index < -0.39 is 0 Å². The van der Waals surface area contributed by atoms with Crippen molar-refractivity contribution in [3.63, 3.8) is 0 Å². The molecule has 0 bridgehead atoms. The molecule has 1 N–H and O–H groups in total. The van der Waals surface area contributed by atoms with Gasteiger partial charge in [0, 0.05) is 56.7 Å². The maximum atomic E-state index is 12.8. The Bertz CT molecular complexity index is 839. The van der Waals surface area contributed by atoms with Gasteiger partial charge in [0.1, 0.15) is 17.3 Å². The van der Waals surface area contributed by atoms with Crippen molar-refractivity contribution in [3.8, 4) is 0 Å². The lowest BCUT2D eigenvalue weighted by Gasteiger charge is -2.34. The van der Waals surface area contributed by atoms with Crippen LogP contribution < -0.4 is 15.1 Å². The maximum absolute atomic E-state index is 12.8. The minimum absolute atomic E-state index is 0.196. The van der Waals surface area contributed by atoms with Crippen molar-refractivity contribution >= 4 is 23.1 Å². The first-order chi connectivity index (χ1) is 14.1. The van der Waals surface area contributed by atoms with E-state index in [0.29, 0.717) is 11.5 Å². The molecule has 2 aliphatic heterocycles. The number of benzene rings is 1. The number of nitrogens with one attached hydrogen (secondary N) is 1. The van der Waals surface area contributed by atoms with Gasteiger partial charge < -0.3 is 20.0 Å². The van der Waals surface area contributed by atoms with Gasteiger partial charge in [0.2, 0.25) is 0 Å². The second-order valence-corrected chi connectivity index (χ2v) is 7.78. The monoisotopic (exact) mass is 394 g/mol. The molecule has 2 saturated heterocycles. The van der Waals surface area contributed by atoms with Gasteiger partial charge in [0.25, 0.3) is 5.91 Å². The smallest absolute Gasteiger partial charge is 0.274 e. The van der Waals surface area contributed by atoms with E-state index in [-0.39, 0.29) is 5.91 Å². The van der Waals surface area contributed by atoms with E-state index in [2.05, 4.69) is 49.0 Å². The van der Waals surface area contributed by atoms with Gasteiger partial charge in [-0.25, -0.2) is 9.97 Å². The molecule has 154 valence electrons. The van der Waals surface area contributed by atoms with Gasteiger partial charge in [-0.05, 0) is 50.6 Å². The largest absolute Gasteiger partial charge is 0.372 e. The highest BCUT2D eigenvalue weighted by Crippen LogP contribution is 2.22. The molecule has 29 heavy (non-hydrogen) atoms. The zero-order chi connectivity index (χ0) is 20.2. The van der Waals surface area contributed by atoms with Gasteiger partial charge >= 0.3 is 0 Å². The molecular weight excluding hydrogens is 364 g/mol. The van der Waals surface area contributed by atoms with E-state index in [4.69, 9.17) is 0 Å². The average Bonchev–Trinajstić information content (AvgIpc) is 3.29. The summed E-state index contributed by atoms with van der Waals surface area (Å²) in [6.45, 7) is 11.2. The van der Waals surface area contributed by atoms with E-state index in [9.17, 15) is 4.79 Å². The number of carbonyl (C=O) groups is 1. The number of piperazine rings is 1. The summed E-state index contributed by atoms with van der Waals surface area (Å²) in [5.74, 6) is 1.26. The minimum atomic E-state index is -0.196. The van der Waals surface area contributed by atoms with Crippen molar-refractivity contribution in [2.75, 3.05) is 60.9 Å². The Morgan fingerprint density at radius 2 is 1.66 bits per heavy atom.